The summed E-state index contributed by atoms with van der Waals surface area (Å²) < 4.78 is 11.5. The Balaban J connectivity index is 1.35. The van der Waals surface area contributed by atoms with E-state index < -0.39 is 5.79 Å². The first-order valence-corrected chi connectivity index (χ1v) is 9.94. The number of nitrogens with zero attached hydrogens (tertiary/aromatic N) is 2. The largest absolute Gasteiger partial charge is 0.347 e. The van der Waals surface area contributed by atoms with E-state index >= 15 is 0 Å². The Morgan fingerprint density at radius 1 is 1.12 bits per heavy atom. The molecular weight excluding hydrogens is 340 g/mol. The molecule has 3 saturated heterocycles. The molecule has 3 aliphatic heterocycles. The first-order chi connectivity index (χ1) is 12.2. The van der Waals surface area contributed by atoms with Crippen LogP contribution < -0.4 is 0 Å². The minimum atomic E-state index is -0.454. The number of likely N-dealkylation sites (tertiary alicyclic amines) is 2. The minimum Gasteiger partial charge on any atom is -0.347 e. The third-order valence-corrected chi connectivity index (χ3v) is 6.30. The molecule has 2 amide bonds. The van der Waals surface area contributed by atoms with Gasteiger partial charge in [0.05, 0.1) is 24.0 Å². The van der Waals surface area contributed by atoms with Gasteiger partial charge in [-0.3, -0.25) is 9.59 Å². The van der Waals surface area contributed by atoms with E-state index in [-0.39, 0.29) is 17.7 Å². The number of carbonyl (C=O) groups is 2. The van der Waals surface area contributed by atoms with Gasteiger partial charge in [-0.05, 0) is 24.3 Å². The topological polar surface area (TPSA) is 59.1 Å². The minimum absolute atomic E-state index is 0.0536. The van der Waals surface area contributed by atoms with Gasteiger partial charge in [-0.2, -0.15) is 0 Å². The second kappa shape index (κ2) is 7.05. The Hall–Kier alpha value is -1.44. The highest BCUT2D eigenvalue weighted by atomic mass is 32.1. The van der Waals surface area contributed by atoms with E-state index in [1.165, 1.54) is 11.3 Å². The maximum Gasteiger partial charge on any atom is 0.263 e. The van der Waals surface area contributed by atoms with Gasteiger partial charge in [-0.1, -0.05) is 6.07 Å². The number of carbonyl (C=O) groups excluding carboxylic acids is 2. The van der Waals surface area contributed by atoms with Crippen LogP contribution in [0.2, 0.25) is 0 Å². The van der Waals surface area contributed by atoms with Crippen molar-refractivity contribution in [3.05, 3.63) is 22.4 Å². The summed E-state index contributed by atoms with van der Waals surface area (Å²) >= 11 is 1.46. The van der Waals surface area contributed by atoms with Gasteiger partial charge < -0.3 is 19.3 Å². The van der Waals surface area contributed by atoms with Gasteiger partial charge in [0.1, 0.15) is 0 Å². The van der Waals surface area contributed by atoms with Crippen molar-refractivity contribution in [2.24, 2.45) is 5.92 Å². The first kappa shape index (κ1) is 17.0. The Morgan fingerprint density at radius 2 is 1.88 bits per heavy atom. The molecule has 0 bridgehead atoms. The van der Waals surface area contributed by atoms with Crippen LogP contribution >= 0.6 is 11.3 Å². The highest BCUT2D eigenvalue weighted by Gasteiger charge is 2.42. The van der Waals surface area contributed by atoms with E-state index in [1.807, 2.05) is 27.3 Å². The molecule has 4 heterocycles. The summed E-state index contributed by atoms with van der Waals surface area (Å²) in [5.41, 5.74) is 0. The average Bonchev–Trinajstić information content (AvgIpc) is 3.34. The molecule has 25 heavy (non-hydrogen) atoms. The van der Waals surface area contributed by atoms with Crippen molar-refractivity contribution in [3.63, 3.8) is 0 Å². The summed E-state index contributed by atoms with van der Waals surface area (Å²) in [6.45, 7) is 3.92. The molecule has 1 atom stereocenters. The van der Waals surface area contributed by atoms with Crippen molar-refractivity contribution in [2.45, 2.75) is 31.5 Å². The molecule has 0 aliphatic carbocycles. The molecule has 0 saturated carbocycles. The van der Waals surface area contributed by atoms with Gasteiger partial charge in [0, 0.05) is 39.0 Å². The van der Waals surface area contributed by atoms with Gasteiger partial charge in [-0.15, -0.1) is 11.3 Å². The van der Waals surface area contributed by atoms with Gasteiger partial charge in [0.15, 0.2) is 5.79 Å². The van der Waals surface area contributed by atoms with Crippen molar-refractivity contribution in [1.82, 2.24) is 9.80 Å². The van der Waals surface area contributed by atoms with Crippen molar-refractivity contribution >= 4 is 23.2 Å². The van der Waals surface area contributed by atoms with E-state index in [1.54, 1.807) is 0 Å². The lowest BCUT2D eigenvalue weighted by molar-refractivity contribution is -0.188. The van der Waals surface area contributed by atoms with Crippen LogP contribution in [-0.2, 0) is 14.3 Å². The van der Waals surface area contributed by atoms with Crippen molar-refractivity contribution in [3.8, 4) is 0 Å². The molecule has 0 radical (unpaired) electrons. The van der Waals surface area contributed by atoms with Crippen LogP contribution in [0.25, 0.3) is 0 Å². The number of rotatable bonds is 2. The monoisotopic (exact) mass is 364 g/mol. The van der Waals surface area contributed by atoms with Crippen molar-refractivity contribution in [1.29, 1.82) is 0 Å². The summed E-state index contributed by atoms with van der Waals surface area (Å²) in [6, 6.07) is 3.74. The molecule has 0 aromatic carbocycles. The van der Waals surface area contributed by atoms with Crippen molar-refractivity contribution < 1.29 is 19.1 Å². The van der Waals surface area contributed by atoms with E-state index in [0.29, 0.717) is 32.8 Å². The Morgan fingerprint density at radius 3 is 2.56 bits per heavy atom. The van der Waals surface area contributed by atoms with Crippen LogP contribution in [-0.4, -0.2) is 66.8 Å². The number of hydrogen-bond donors (Lipinski definition) is 0. The van der Waals surface area contributed by atoms with E-state index in [9.17, 15) is 9.59 Å². The van der Waals surface area contributed by atoms with Crippen LogP contribution in [0.3, 0.4) is 0 Å². The number of piperidine rings is 2. The molecule has 4 rings (SSSR count). The van der Waals surface area contributed by atoms with Crippen LogP contribution in [0, 0.1) is 5.92 Å². The number of ether oxygens (including phenoxy) is 2. The van der Waals surface area contributed by atoms with Crippen LogP contribution in [0.5, 0.6) is 0 Å². The molecule has 0 N–H and O–H groups in total. The molecule has 3 aliphatic rings. The second-order valence-electron chi connectivity index (χ2n) is 7.00. The van der Waals surface area contributed by atoms with E-state index in [0.717, 1.165) is 37.1 Å². The molecule has 0 unspecified atom stereocenters. The second-order valence-corrected chi connectivity index (χ2v) is 7.95. The fourth-order valence-corrected chi connectivity index (χ4v) is 4.72. The fourth-order valence-electron chi connectivity index (χ4n) is 4.03. The number of thiophene rings is 1. The zero-order valence-electron chi connectivity index (χ0n) is 14.3. The average molecular weight is 364 g/mol. The fraction of sp³-hybridized carbons (Fsp3) is 0.667. The summed E-state index contributed by atoms with van der Waals surface area (Å²) in [6.07, 6.45) is 3.23. The molecule has 7 heteroatoms. The summed E-state index contributed by atoms with van der Waals surface area (Å²) in [4.78, 5) is 30.0. The predicted molar refractivity (Wildman–Crippen MR) is 93.4 cm³/mol. The highest BCUT2D eigenvalue weighted by Crippen LogP contribution is 2.32. The third kappa shape index (κ3) is 3.45. The SMILES string of the molecule is O=C(c1cccs1)N1CCC[C@@H](C(=O)N2CCC3(CC2)OCCO3)C1. The lowest BCUT2D eigenvalue weighted by atomic mass is 9.94. The lowest BCUT2D eigenvalue weighted by Crippen LogP contribution is -2.51. The zero-order chi connectivity index (χ0) is 17.3. The van der Waals surface area contributed by atoms with Crippen LogP contribution in [0.1, 0.15) is 35.4 Å². The normalized spacial score (nSPS) is 26.2. The van der Waals surface area contributed by atoms with Gasteiger partial charge >= 0.3 is 0 Å². The van der Waals surface area contributed by atoms with Gasteiger partial charge in [0.25, 0.3) is 5.91 Å². The van der Waals surface area contributed by atoms with Gasteiger partial charge in [-0.25, -0.2) is 0 Å². The van der Waals surface area contributed by atoms with Crippen molar-refractivity contribution in [2.75, 3.05) is 39.4 Å². The summed E-state index contributed by atoms with van der Waals surface area (Å²) in [5.74, 6) is -0.309. The predicted octanol–water partition coefficient (Wildman–Crippen LogP) is 1.97. The smallest absolute Gasteiger partial charge is 0.263 e. The molecule has 1 spiro atoms. The molecule has 136 valence electrons. The van der Waals surface area contributed by atoms with E-state index in [2.05, 4.69) is 0 Å². The number of amides is 2. The molecule has 3 fully saturated rings. The quantitative estimate of drug-likeness (QED) is 0.805. The van der Waals surface area contributed by atoms with Gasteiger partial charge in [0.2, 0.25) is 5.91 Å². The first-order valence-electron chi connectivity index (χ1n) is 9.06. The third-order valence-electron chi connectivity index (χ3n) is 5.44. The molecule has 6 nitrogen and oxygen atoms in total. The standard InChI is InChI=1S/C18H24N2O4S/c21-16(19-8-5-18(6-9-19)23-10-11-24-18)14-3-1-7-20(13-14)17(22)15-4-2-12-25-15/h2,4,12,14H,1,3,5-11,13H2/t14-/m1/s1. The zero-order valence-corrected chi connectivity index (χ0v) is 15.1. The summed E-state index contributed by atoms with van der Waals surface area (Å²) in [7, 11) is 0. The maximum absolute atomic E-state index is 12.9. The van der Waals surface area contributed by atoms with Crippen LogP contribution in [0.15, 0.2) is 17.5 Å². The Labute approximate surface area is 151 Å². The lowest BCUT2D eigenvalue weighted by Gasteiger charge is -2.40. The molecular formula is C18H24N2O4S. The highest BCUT2D eigenvalue weighted by molar-refractivity contribution is 7.12. The number of hydrogen-bond acceptors (Lipinski definition) is 5. The summed E-state index contributed by atoms with van der Waals surface area (Å²) in [5, 5.41) is 1.91. The Kier molecular flexibility index (Phi) is 4.80. The van der Waals surface area contributed by atoms with Crippen LogP contribution in [0.4, 0.5) is 0 Å². The van der Waals surface area contributed by atoms with E-state index in [4.69, 9.17) is 9.47 Å². The Bertz CT molecular complexity index is 617. The molecule has 1 aromatic heterocycles. The molecule has 1 aromatic rings. The maximum atomic E-state index is 12.9.